The highest BCUT2D eigenvalue weighted by Crippen LogP contribution is 2.28. The van der Waals surface area contributed by atoms with Gasteiger partial charge in [0.15, 0.2) is 0 Å². The van der Waals surface area contributed by atoms with Crippen LogP contribution in [0.15, 0.2) is 53.3 Å². The number of benzene rings is 2. The predicted molar refractivity (Wildman–Crippen MR) is 113 cm³/mol. The molecule has 0 fully saturated rings. The van der Waals surface area contributed by atoms with Crippen molar-refractivity contribution < 1.29 is 14.9 Å². The summed E-state index contributed by atoms with van der Waals surface area (Å²) in [5.41, 5.74) is 1.88. The minimum Gasteiger partial charge on any atom is -0.506 e. The summed E-state index contributed by atoms with van der Waals surface area (Å²) in [5.74, 6) is 0.812. The lowest BCUT2D eigenvalue weighted by molar-refractivity contribution is 0.172. The molecular weight excluding hydrogens is 380 g/mol. The van der Waals surface area contributed by atoms with E-state index in [4.69, 9.17) is 4.74 Å². The molecule has 0 bridgehead atoms. The quantitative estimate of drug-likeness (QED) is 0.485. The van der Waals surface area contributed by atoms with E-state index < -0.39 is 6.10 Å². The topological polar surface area (TPSA) is 94.6 Å². The number of methoxy groups -OCH3 is 1. The molecule has 1 heterocycles. The number of H-pyrrole nitrogens is 1. The number of aromatic nitrogens is 1. The number of aromatic amines is 1. The maximum absolute atomic E-state index is 11.5. The molecule has 0 saturated carbocycles. The fraction of sp³-hybridized carbons (Fsp3) is 0.286. The van der Waals surface area contributed by atoms with Gasteiger partial charge in [-0.3, -0.25) is 4.79 Å². The van der Waals surface area contributed by atoms with Gasteiger partial charge in [-0.25, -0.2) is 0 Å². The van der Waals surface area contributed by atoms with Crippen LogP contribution in [0.5, 0.6) is 11.5 Å². The molecule has 0 spiro atoms. The van der Waals surface area contributed by atoms with Gasteiger partial charge in [-0.2, -0.15) is 0 Å². The van der Waals surface area contributed by atoms with Crippen LogP contribution in [0.4, 0.5) is 0 Å². The van der Waals surface area contributed by atoms with Crippen LogP contribution in [0.25, 0.3) is 10.9 Å². The smallest absolute Gasteiger partial charge is 0.248 e. The highest BCUT2D eigenvalue weighted by molar-refractivity contribution is 5.87. The van der Waals surface area contributed by atoms with Crippen molar-refractivity contribution in [2.75, 3.05) is 13.7 Å². The molecule has 0 amide bonds. The highest BCUT2D eigenvalue weighted by Gasteiger charge is 2.15. The molecule has 7 heteroatoms. The number of ether oxygens (including phenoxy) is 1. The number of aliphatic hydroxyl groups is 1. The summed E-state index contributed by atoms with van der Waals surface area (Å²) in [7, 11) is 1.64. The first-order valence-corrected chi connectivity index (χ1v) is 8.87. The van der Waals surface area contributed by atoms with Crippen LogP contribution < -0.4 is 15.6 Å². The van der Waals surface area contributed by atoms with E-state index >= 15 is 0 Å². The Morgan fingerprint density at radius 1 is 1.11 bits per heavy atom. The van der Waals surface area contributed by atoms with Gasteiger partial charge in [0.05, 0.1) is 18.7 Å². The van der Waals surface area contributed by atoms with Crippen molar-refractivity contribution in [3.05, 3.63) is 70.0 Å². The molecular formula is C21H25ClN2O4. The van der Waals surface area contributed by atoms with E-state index in [1.54, 1.807) is 19.2 Å². The summed E-state index contributed by atoms with van der Waals surface area (Å²) in [6.07, 6.45) is 0.0534. The van der Waals surface area contributed by atoms with Crippen molar-refractivity contribution in [3.8, 4) is 11.5 Å². The van der Waals surface area contributed by atoms with Crippen LogP contribution in [0, 0.1) is 0 Å². The van der Waals surface area contributed by atoms with Gasteiger partial charge in [0.25, 0.3) is 0 Å². The Morgan fingerprint density at radius 2 is 1.82 bits per heavy atom. The third kappa shape index (κ3) is 5.04. The fourth-order valence-electron chi connectivity index (χ4n) is 3.16. The third-order valence-corrected chi connectivity index (χ3v) is 4.63. The number of phenolic OH excluding ortho intramolecular Hbond substituents is 1. The molecule has 150 valence electrons. The highest BCUT2D eigenvalue weighted by atomic mass is 35.5. The van der Waals surface area contributed by atoms with Crippen LogP contribution in [0.3, 0.4) is 0 Å². The minimum atomic E-state index is -0.766. The standard InChI is InChI=1S/C21H24N2O4.ClH/c1-13(11-14-3-5-15(27-2)6-4-14)22-12-19(25)16-7-9-18(24)21-17(16)8-10-20(26)23-21;/h3-10,13,19,22,24-25H,11-12H2,1-2H3,(H,23,26);1H. The van der Waals surface area contributed by atoms with Crippen molar-refractivity contribution >= 4 is 23.3 Å². The Kier molecular flexibility index (Phi) is 7.45. The normalized spacial score (nSPS) is 13.0. The molecule has 3 aromatic rings. The molecule has 0 aliphatic heterocycles. The largest absolute Gasteiger partial charge is 0.506 e. The average Bonchev–Trinajstić information content (AvgIpc) is 2.67. The number of rotatable bonds is 7. The summed E-state index contributed by atoms with van der Waals surface area (Å²) in [4.78, 5) is 14.1. The van der Waals surface area contributed by atoms with E-state index in [-0.39, 0.29) is 29.8 Å². The molecule has 0 aliphatic carbocycles. The molecule has 4 N–H and O–H groups in total. The van der Waals surface area contributed by atoms with Gasteiger partial charge in [0, 0.05) is 24.0 Å². The number of aliphatic hydroxyl groups excluding tert-OH is 1. The number of nitrogens with one attached hydrogen (secondary N) is 2. The summed E-state index contributed by atoms with van der Waals surface area (Å²) >= 11 is 0. The Balaban J connectivity index is 0.00000280. The zero-order valence-corrected chi connectivity index (χ0v) is 16.6. The van der Waals surface area contributed by atoms with Gasteiger partial charge in [-0.15, -0.1) is 12.4 Å². The third-order valence-electron chi connectivity index (χ3n) is 4.63. The second-order valence-electron chi connectivity index (χ2n) is 6.66. The van der Waals surface area contributed by atoms with Crippen LogP contribution >= 0.6 is 12.4 Å². The van der Waals surface area contributed by atoms with E-state index in [1.807, 2.05) is 24.3 Å². The zero-order chi connectivity index (χ0) is 19.4. The van der Waals surface area contributed by atoms with Crippen LogP contribution in [0.2, 0.25) is 0 Å². The Hall–Kier alpha value is -2.54. The van der Waals surface area contributed by atoms with Crippen molar-refractivity contribution in [2.24, 2.45) is 0 Å². The molecule has 1 aromatic heterocycles. The lowest BCUT2D eigenvalue weighted by Crippen LogP contribution is -2.32. The Bertz CT molecular complexity index is 972. The number of hydrogen-bond acceptors (Lipinski definition) is 5. The monoisotopic (exact) mass is 404 g/mol. The van der Waals surface area contributed by atoms with Crippen molar-refractivity contribution in [3.63, 3.8) is 0 Å². The average molecular weight is 405 g/mol. The molecule has 0 radical (unpaired) electrons. The van der Waals surface area contributed by atoms with E-state index in [9.17, 15) is 15.0 Å². The van der Waals surface area contributed by atoms with Gasteiger partial charge < -0.3 is 25.3 Å². The number of phenols is 1. The van der Waals surface area contributed by atoms with E-state index in [1.165, 1.54) is 17.7 Å². The van der Waals surface area contributed by atoms with Gasteiger partial charge in [-0.1, -0.05) is 18.2 Å². The minimum absolute atomic E-state index is 0. The van der Waals surface area contributed by atoms with Gasteiger partial charge in [-0.05, 0) is 48.7 Å². The molecule has 0 aliphatic rings. The number of pyridine rings is 1. The molecule has 2 unspecified atom stereocenters. The first kappa shape index (κ1) is 21.8. The van der Waals surface area contributed by atoms with Crippen molar-refractivity contribution in [2.45, 2.75) is 25.5 Å². The molecule has 6 nitrogen and oxygen atoms in total. The molecule has 28 heavy (non-hydrogen) atoms. The first-order valence-electron chi connectivity index (χ1n) is 8.87. The summed E-state index contributed by atoms with van der Waals surface area (Å²) in [5, 5.41) is 24.5. The van der Waals surface area contributed by atoms with Gasteiger partial charge >= 0.3 is 0 Å². The number of halogens is 1. The van der Waals surface area contributed by atoms with E-state index in [0.717, 1.165) is 12.2 Å². The van der Waals surface area contributed by atoms with Crippen LogP contribution in [-0.2, 0) is 6.42 Å². The Morgan fingerprint density at radius 3 is 2.50 bits per heavy atom. The second-order valence-corrected chi connectivity index (χ2v) is 6.66. The van der Waals surface area contributed by atoms with Crippen molar-refractivity contribution in [1.82, 2.24) is 10.3 Å². The summed E-state index contributed by atoms with van der Waals surface area (Å²) < 4.78 is 5.16. The lowest BCUT2D eigenvalue weighted by atomic mass is 10.0. The van der Waals surface area contributed by atoms with Gasteiger partial charge in [0.2, 0.25) is 5.56 Å². The SMILES string of the molecule is COc1ccc(CC(C)NCC(O)c2ccc(O)c3[nH]c(=O)ccc23)cc1.Cl. The van der Waals surface area contributed by atoms with Crippen LogP contribution in [0.1, 0.15) is 24.2 Å². The van der Waals surface area contributed by atoms with E-state index in [0.29, 0.717) is 23.0 Å². The zero-order valence-electron chi connectivity index (χ0n) is 15.8. The van der Waals surface area contributed by atoms with E-state index in [2.05, 4.69) is 17.2 Å². The molecule has 0 saturated heterocycles. The maximum Gasteiger partial charge on any atom is 0.248 e. The number of aromatic hydroxyl groups is 1. The first-order chi connectivity index (χ1) is 13.0. The lowest BCUT2D eigenvalue weighted by Gasteiger charge is -2.19. The maximum atomic E-state index is 11.5. The van der Waals surface area contributed by atoms with Crippen molar-refractivity contribution in [1.29, 1.82) is 0 Å². The summed E-state index contributed by atoms with van der Waals surface area (Å²) in [6.45, 7) is 2.42. The molecule has 2 atom stereocenters. The predicted octanol–water partition coefficient (Wildman–Crippen LogP) is 2.92. The molecule has 3 rings (SSSR count). The van der Waals surface area contributed by atoms with Gasteiger partial charge in [0.1, 0.15) is 11.5 Å². The number of hydrogen-bond donors (Lipinski definition) is 4. The molecule has 2 aromatic carbocycles. The summed E-state index contributed by atoms with van der Waals surface area (Å²) in [6, 6.07) is 14.2. The van der Waals surface area contributed by atoms with Crippen LogP contribution in [-0.4, -0.2) is 34.9 Å². The fourth-order valence-corrected chi connectivity index (χ4v) is 3.16. The second kappa shape index (κ2) is 9.59. The Labute approximate surface area is 169 Å². The number of fused-ring (bicyclic) bond motifs is 1.